The van der Waals surface area contributed by atoms with Crippen molar-refractivity contribution in [2.75, 3.05) is 6.61 Å². The summed E-state index contributed by atoms with van der Waals surface area (Å²) in [5, 5.41) is 22.3. The number of nitro groups is 2. The van der Waals surface area contributed by atoms with Gasteiger partial charge in [-0.3, -0.25) is 25.0 Å². The van der Waals surface area contributed by atoms with Crippen molar-refractivity contribution < 1.29 is 38.4 Å². The Morgan fingerprint density at radius 1 is 0.833 bits per heavy atom. The molecule has 0 radical (unpaired) electrons. The Kier molecular flexibility index (Phi) is 8.41. The summed E-state index contributed by atoms with van der Waals surface area (Å²) < 4.78 is 18.3. The molecule has 254 valence electrons. The predicted molar refractivity (Wildman–Crippen MR) is 172 cm³/mol. The van der Waals surface area contributed by atoms with Crippen LogP contribution < -0.4 is 0 Å². The molecule has 48 heavy (non-hydrogen) atoms. The molecule has 0 N–H and O–H groups in total. The molecule has 2 aromatic rings. The Bertz CT molecular complexity index is 1670. The lowest BCUT2D eigenvalue weighted by Crippen LogP contribution is -2.66. The van der Waals surface area contributed by atoms with E-state index in [4.69, 9.17) is 14.2 Å². The normalized spacial score (nSPS) is 33.5. The van der Waals surface area contributed by atoms with E-state index in [9.17, 15) is 34.6 Å². The lowest BCUT2D eigenvalue weighted by molar-refractivity contribution is -0.385. The quantitative estimate of drug-likeness (QED) is 0.0945. The first-order valence-corrected chi connectivity index (χ1v) is 16.4. The van der Waals surface area contributed by atoms with Gasteiger partial charge in [0.05, 0.1) is 21.0 Å². The molecule has 1 spiro atoms. The van der Waals surface area contributed by atoms with Gasteiger partial charge in [0.15, 0.2) is 0 Å². The van der Waals surface area contributed by atoms with Crippen LogP contribution in [0.15, 0.2) is 60.7 Å². The average Bonchev–Trinajstić information content (AvgIpc) is 3.30. The zero-order valence-corrected chi connectivity index (χ0v) is 27.3. The molecular formula is C36H40N2O10. The molecule has 12 nitrogen and oxygen atoms in total. The van der Waals surface area contributed by atoms with Gasteiger partial charge in [-0.05, 0) is 92.4 Å². The van der Waals surface area contributed by atoms with Crippen molar-refractivity contribution in [2.24, 2.45) is 34.0 Å². The highest BCUT2D eigenvalue weighted by molar-refractivity contribution is 5.90. The van der Waals surface area contributed by atoms with E-state index in [0.29, 0.717) is 18.8 Å². The third-order valence-electron chi connectivity index (χ3n) is 12.1. The Morgan fingerprint density at radius 2 is 1.38 bits per heavy atom. The molecule has 4 aliphatic carbocycles. The second-order valence-electron chi connectivity index (χ2n) is 14.6. The van der Waals surface area contributed by atoms with Crippen molar-refractivity contribution in [1.29, 1.82) is 0 Å². The molecule has 4 aliphatic rings. The zero-order valence-electron chi connectivity index (χ0n) is 27.3. The number of benzene rings is 2. The minimum atomic E-state index is -0.860. The van der Waals surface area contributed by atoms with Gasteiger partial charge in [-0.25, -0.2) is 9.59 Å². The van der Waals surface area contributed by atoms with Gasteiger partial charge < -0.3 is 14.2 Å². The molecular weight excluding hydrogens is 620 g/mol. The number of carbonyl (C=O) groups is 3. The largest absolute Gasteiger partial charge is 0.465 e. The summed E-state index contributed by atoms with van der Waals surface area (Å²) in [5.41, 5.74) is -0.182. The van der Waals surface area contributed by atoms with Crippen LogP contribution in [0.1, 0.15) is 86.4 Å². The lowest BCUT2D eigenvalue weighted by atomic mass is 9.40. The molecule has 2 bridgehead atoms. The predicted octanol–water partition coefficient (Wildman–Crippen LogP) is 7.01. The van der Waals surface area contributed by atoms with Crippen molar-refractivity contribution in [3.8, 4) is 0 Å². The maximum Gasteiger partial charge on any atom is 0.338 e. The maximum absolute atomic E-state index is 13.7. The maximum atomic E-state index is 13.7. The molecule has 0 aliphatic heterocycles. The average molecular weight is 661 g/mol. The Balaban J connectivity index is 1.35. The standard InChI is InChI=1S/C36H40N2O10/c1-21-18-36-19-25(21)9-14-28(36)34(3)16-15-30(47-32(40)23-5-10-26(11-6-23)37(42)43)35(4,20-46-22(2)39)29(34)17-31(36)48-33(41)24-7-12-27(13-8-24)38(44)45/h5-8,10-13,25,28-31H,1,9,14-20H2,2-4H3/t25-,28-,29+,30+,31-,34-,35+,36+/m0/s1. The second kappa shape index (κ2) is 12.1. The van der Waals surface area contributed by atoms with Crippen LogP contribution in [0, 0.1) is 54.2 Å². The van der Waals surface area contributed by atoms with E-state index in [2.05, 4.69) is 13.5 Å². The second-order valence-corrected chi connectivity index (χ2v) is 14.6. The van der Waals surface area contributed by atoms with Crippen molar-refractivity contribution in [3.05, 3.63) is 92.0 Å². The number of fused-ring (bicyclic) bond motifs is 3. The molecule has 4 fully saturated rings. The number of non-ortho nitro benzene ring substituents is 2. The van der Waals surface area contributed by atoms with Crippen molar-refractivity contribution >= 4 is 29.3 Å². The molecule has 4 saturated carbocycles. The van der Waals surface area contributed by atoms with Crippen molar-refractivity contribution in [3.63, 3.8) is 0 Å². The molecule has 2 aromatic carbocycles. The number of nitrogens with zero attached hydrogens (tertiary/aromatic N) is 2. The van der Waals surface area contributed by atoms with Gasteiger partial charge in [-0.2, -0.15) is 0 Å². The van der Waals surface area contributed by atoms with Crippen LogP contribution in [0.4, 0.5) is 11.4 Å². The first-order chi connectivity index (χ1) is 22.7. The van der Waals surface area contributed by atoms with Gasteiger partial charge in [0.1, 0.15) is 18.8 Å². The summed E-state index contributed by atoms with van der Waals surface area (Å²) in [6.07, 6.45) is 4.01. The molecule has 0 aromatic heterocycles. The molecule has 6 rings (SSSR count). The number of carbonyl (C=O) groups excluding carboxylic acids is 3. The molecule has 12 heteroatoms. The van der Waals surface area contributed by atoms with Gasteiger partial charge in [0.2, 0.25) is 0 Å². The van der Waals surface area contributed by atoms with E-state index in [-0.39, 0.29) is 51.8 Å². The van der Waals surface area contributed by atoms with Gasteiger partial charge in [-0.1, -0.05) is 26.0 Å². The van der Waals surface area contributed by atoms with Crippen LogP contribution in [0.3, 0.4) is 0 Å². The highest BCUT2D eigenvalue weighted by Gasteiger charge is 2.70. The summed E-state index contributed by atoms with van der Waals surface area (Å²) in [7, 11) is 0. The minimum absolute atomic E-state index is 0.0150. The highest BCUT2D eigenvalue weighted by Crippen LogP contribution is 2.73. The molecule has 0 heterocycles. The Morgan fingerprint density at radius 3 is 1.90 bits per heavy atom. The first kappa shape index (κ1) is 33.3. The third kappa shape index (κ3) is 5.54. The first-order valence-electron chi connectivity index (χ1n) is 16.4. The fraction of sp³-hybridized carbons (Fsp3) is 0.528. The van der Waals surface area contributed by atoms with E-state index in [1.165, 1.54) is 61.0 Å². The Hall–Kier alpha value is -4.61. The van der Waals surface area contributed by atoms with Gasteiger partial charge in [-0.15, -0.1) is 0 Å². The van der Waals surface area contributed by atoms with Gasteiger partial charge in [0.25, 0.3) is 11.4 Å². The van der Waals surface area contributed by atoms with Crippen molar-refractivity contribution in [1.82, 2.24) is 0 Å². The molecule has 0 amide bonds. The van der Waals surface area contributed by atoms with Crippen LogP contribution in [0.25, 0.3) is 0 Å². The van der Waals surface area contributed by atoms with E-state index >= 15 is 0 Å². The number of ether oxygens (including phenoxy) is 3. The third-order valence-corrected chi connectivity index (χ3v) is 12.1. The fourth-order valence-corrected chi connectivity index (χ4v) is 9.90. The number of nitro benzene ring substituents is 2. The molecule has 8 atom stereocenters. The molecule has 0 unspecified atom stereocenters. The summed E-state index contributed by atoms with van der Waals surface area (Å²) >= 11 is 0. The van der Waals surface area contributed by atoms with Crippen LogP contribution in [0.2, 0.25) is 0 Å². The number of rotatable bonds is 8. The number of allylic oxidation sites excluding steroid dienone is 1. The number of hydrogen-bond acceptors (Lipinski definition) is 10. The van der Waals surface area contributed by atoms with E-state index in [0.717, 1.165) is 32.1 Å². The molecule has 0 saturated heterocycles. The summed E-state index contributed by atoms with van der Waals surface area (Å²) in [4.78, 5) is 60.6. The highest BCUT2D eigenvalue weighted by atomic mass is 16.6. The zero-order chi connectivity index (χ0) is 34.6. The summed E-state index contributed by atoms with van der Waals surface area (Å²) in [5.74, 6) is -1.36. The number of hydrogen-bond donors (Lipinski definition) is 0. The summed E-state index contributed by atoms with van der Waals surface area (Å²) in [6.45, 7) is 9.98. The topological polar surface area (TPSA) is 165 Å². The van der Waals surface area contributed by atoms with Crippen LogP contribution in [-0.4, -0.2) is 46.6 Å². The van der Waals surface area contributed by atoms with E-state index in [1.807, 2.05) is 6.92 Å². The fourth-order valence-electron chi connectivity index (χ4n) is 9.90. The monoisotopic (exact) mass is 660 g/mol. The van der Waals surface area contributed by atoms with Crippen LogP contribution in [-0.2, 0) is 19.0 Å². The van der Waals surface area contributed by atoms with Gasteiger partial charge >= 0.3 is 17.9 Å². The minimum Gasteiger partial charge on any atom is -0.465 e. The van der Waals surface area contributed by atoms with Gasteiger partial charge in [0, 0.05) is 42.0 Å². The SMILES string of the molecule is C=C1C[C@@]23C[C@@H]1CC[C@H]2[C@]1(C)CC[C@@H](OC(=O)c2ccc([N+](=O)[O-])cc2)[C@](C)(COC(C)=O)[C@@H]1C[C@@H]3OC(=O)c1ccc([N+](=O)[O-])cc1. The Labute approximate surface area is 278 Å². The van der Waals surface area contributed by atoms with Crippen molar-refractivity contribution in [2.45, 2.75) is 77.9 Å². The van der Waals surface area contributed by atoms with Crippen LogP contribution in [0.5, 0.6) is 0 Å². The van der Waals surface area contributed by atoms with E-state index in [1.54, 1.807) is 0 Å². The summed E-state index contributed by atoms with van der Waals surface area (Å²) in [6, 6.07) is 10.6. The van der Waals surface area contributed by atoms with Crippen LogP contribution >= 0.6 is 0 Å². The lowest BCUT2D eigenvalue weighted by Gasteiger charge is -2.66. The van der Waals surface area contributed by atoms with E-state index < -0.39 is 45.4 Å². The number of esters is 3. The smallest absolute Gasteiger partial charge is 0.338 e.